The van der Waals surface area contributed by atoms with E-state index in [1.54, 1.807) is 25.9 Å². The van der Waals surface area contributed by atoms with Crippen molar-refractivity contribution in [2.45, 2.75) is 20.3 Å². The summed E-state index contributed by atoms with van der Waals surface area (Å²) >= 11 is 0. The maximum absolute atomic E-state index is 12.0. The quantitative estimate of drug-likeness (QED) is 0.677. The summed E-state index contributed by atoms with van der Waals surface area (Å²) in [5, 5.41) is 8.90. The molecule has 1 rings (SSSR count). The van der Waals surface area contributed by atoms with E-state index in [-0.39, 0.29) is 5.91 Å². The first kappa shape index (κ1) is 12.7. The number of rotatable bonds is 3. The van der Waals surface area contributed by atoms with Gasteiger partial charge in [0.15, 0.2) is 0 Å². The topological polar surface area (TPSA) is 53.3 Å². The van der Waals surface area contributed by atoms with E-state index >= 15 is 0 Å². The fourth-order valence-electron chi connectivity index (χ4n) is 1.66. The molecule has 0 atom stereocenters. The Kier molecular flexibility index (Phi) is 4.08. The Morgan fingerprint density at radius 3 is 2.81 bits per heavy atom. The van der Waals surface area contributed by atoms with E-state index in [2.05, 4.69) is 0 Å². The van der Waals surface area contributed by atoms with Crippen molar-refractivity contribution in [3.8, 4) is 6.07 Å². The van der Waals surface area contributed by atoms with Crippen LogP contribution in [0.3, 0.4) is 0 Å². The van der Waals surface area contributed by atoms with Crippen molar-refractivity contribution in [2.75, 3.05) is 26.8 Å². The van der Waals surface area contributed by atoms with Gasteiger partial charge < -0.3 is 9.64 Å². The van der Waals surface area contributed by atoms with Gasteiger partial charge in [0.1, 0.15) is 5.41 Å². The van der Waals surface area contributed by atoms with E-state index in [4.69, 9.17) is 10.00 Å². The van der Waals surface area contributed by atoms with Crippen molar-refractivity contribution in [3.63, 3.8) is 0 Å². The normalized spacial score (nSPS) is 16.6. The fraction of sp³-hybridized carbons (Fsp3) is 0.667. The molecule has 0 bridgehead atoms. The molecule has 16 heavy (non-hydrogen) atoms. The minimum atomic E-state index is -0.924. The molecule has 0 saturated carbocycles. The summed E-state index contributed by atoms with van der Waals surface area (Å²) in [4.78, 5) is 13.7. The average molecular weight is 222 g/mol. The molecular weight excluding hydrogens is 204 g/mol. The first-order valence-electron chi connectivity index (χ1n) is 5.38. The predicted octanol–water partition coefficient (Wildman–Crippen LogP) is 1.34. The zero-order valence-electron chi connectivity index (χ0n) is 10.1. The number of nitriles is 1. The first-order chi connectivity index (χ1) is 7.51. The fourth-order valence-corrected chi connectivity index (χ4v) is 1.66. The lowest BCUT2D eigenvalue weighted by molar-refractivity contribution is -0.137. The molecule has 1 aliphatic heterocycles. The second-order valence-electron chi connectivity index (χ2n) is 4.53. The largest absolute Gasteiger partial charge is 0.380 e. The molecule has 1 aliphatic rings. The average Bonchev–Trinajstić information content (AvgIpc) is 2.29. The SMILES string of the molecule is COCC1=CCN(C(=O)C(C)(C)C#N)CC1. The predicted molar refractivity (Wildman–Crippen MR) is 60.6 cm³/mol. The van der Waals surface area contributed by atoms with Crippen LogP contribution < -0.4 is 0 Å². The third kappa shape index (κ3) is 2.83. The summed E-state index contributed by atoms with van der Waals surface area (Å²) in [5.74, 6) is -0.0947. The molecule has 0 N–H and O–H groups in total. The molecule has 0 aromatic heterocycles. The zero-order chi connectivity index (χ0) is 12.2. The molecule has 4 heteroatoms. The summed E-state index contributed by atoms with van der Waals surface area (Å²) < 4.78 is 5.04. The van der Waals surface area contributed by atoms with Gasteiger partial charge in [0, 0.05) is 20.2 Å². The van der Waals surface area contributed by atoms with Gasteiger partial charge in [-0.25, -0.2) is 0 Å². The van der Waals surface area contributed by atoms with Crippen LogP contribution in [0.4, 0.5) is 0 Å². The van der Waals surface area contributed by atoms with Crippen molar-refractivity contribution >= 4 is 5.91 Å². The van der Waals surface area contributed by atoms with Gasteiger partial charge in [0.25, 0.3) is 0 Å². The van der Waals surface area contributed by atoms with E-state index in [1.807, 2.05) is 12.1 Å². The van der Waals surface area contributed by atoms with Crippen molar-refractivity contribution in [2.24, 2.45) is 5.41 Å². The number of hydrogen-bond acceptors (Lipinski definition) is 3. The summed E-state index contributed by atoms with van der Waals surface area (Å²) in [6.07, 6.45) is 2.85. The van der Waals surface area contributed by atoms with Gasteiger partial charge in [-0.2, -0.15) is 5.26 Å². The van der Waals surface area contributed by atoms with E-state index in [1.165, 1.54) is 5.57 Å². The zero-order valence-corrected chi connectivity index (χ0v) is 10.1. The lowest BCUT2D eigenvalue weighted by Crippen LogP contribution is -2.42. The molecule has 0 fully saturated rings. The second kappa shape index (κ2) is 5.13. The minimum Gasteiger partial charge on any atom is -0.380 e. The van der Waals surface area contributed by atoms with Crippen LogP contribution in [0.1, 0.15) is 20.3 Å². The molecule has 0 aromatic carbocycles. The monoisotopic (exact) mass is 222 g/mol. The van der Waals surface area contributed by atoms with Crippen LogP contribution in [0.25, 0.3) is 0 Å². The summed E-state index contributed by atoms with van der Waals surface area (Å²) in [6.45, 7) is 5.21. The molecule has 0 unspecified atom stereocenters. The molecule has 0 aromatic rings. The van der Waals surface area contributed by atoms with Crippen LogP contribution in [0.5, 0.6) is 0 Å². The van der Waals surface area contributed by atoms with Gasteiger partial charge in [0.05, 0.1) is 12.7 Å². The molecular formula is C12H18N2O2. The Labute approximate surface area is 96.5 Å². The highest BCUT2D eigenvalue weighted by molar-refractivity contribution is 5.84. The van der Waals surface area contributed by atoms with E-state index in [0.29, 0.717) is 19.7 Å². The van der Waals surface area contributed by atoms with Gasteiger partial charge in [-0.3, -0.25) is 4.79 Å². The number of nitrogens with zero attached hydrogens (tertiary/aromatic N) is 2. The number of hydrogen-bond donors (Lipinski definition) is 0. The number of ether oxygens (including phenoxy) is 1. The van der Waals surface area contributed by atoms with Crippen LogP contribution >= 0.6 is 0 Å². The highest BCUT2D eigenvalue weighted by atomic mass is 16.5. The van der Waals surface area contributed by atoms with E-state index in [0.717, 1.165) is 6.42 Å². The Hall–Kier alpha value is -1.34. The molecule has 0 aliphatic carbocycles. The first-order valence-corrected chi connectivity index (χ1v) is 5.38. The maximum Gasteiger partial charge on any atom is 0.242 e. The van der Waals surface area contributed by atoms with E-state index in [9.17, 15) is 4.79 Å². The van der Waals surface area contributed by atoms with Crippen LogP contribution in [0, 0.1) is 16.7 Å². The summed E-state index contributed by atoms with van der Waals surface area (Å²) in [6, 6.07) is 2.04. The highest BCUT2D eigenvalue weighted by Crippen LogP contribution is 2.20. The Bertz CT molecular complexity index is 339. The van der Waals surface area contributed by atoms with Crippen LogP contribution in [-0.2, 0) is 9.53 Å². The van der Waals surface area contributed by atoms with Crippen molar-refractivity contribution in [3.05, 3.63) is 11.6 Å². The van der Waals surface area contributed by atoms with Gasteiger partial charge >= 0.3 is 0 Å². The highest BCUT2D eigenvalue weighted by Gasteiger charge is 2.32. The molecule has 1 heterocycles. The smallest absolute Gasteiger partial charge is 0.242 e. The Morgan fingerprint density at radius 1 is 1.69 bits per heavy atom. The second-order valence-corrected chi connectivity index (χ2v) is 4.53. The van der Waals surface area contributed by atoms with Gasteiger partial charge in [-0.05, 0) is 25.8 Å². The van der Waals surface area contributed by atoms with Crippen molar-refractivity contribution < 1.29 is 9.53 Å². The number of carbonyl (C=O) groups is 1. The molecule has 0 radical (unpaired) electrons. The summed E-state index contributed by atoms with van der Waals surface area (Å²) in [7, 11) is 1.66. The van der Waals surface area contributed by atoms with Crippen molar-refractivity contribution in [1.82, 2.24) is 4.90 Å². The van der Waals surface area contributed by atoms with Gasteiger partial charge in [-0.1, -0.05) is 6.08 Å². The Balaban J connectivity index is 2.61. The van der Waals surface area contributed by atoms with Crippen molar-refractivity contribution in [1.29, 1.82) is 5.26 Å². The van der Waals surface area contributed by atoms with Crippen LogP contribution in [-0.4, -0.2) is 37.6 Å². The van der Waals surface area contributed by atoms with Crippen LogP contribution in [0.15, 0.2) is 11.6 Å². The lowest BCUT2D eigenvalue weighted by Gasteiger charge is -2.30. The van der Waals surface area contributed by atoms with E-state index < -0.39 is 5.41 Å². The van der Waals surface area contributed by atoms with Gasteiger partial charge in [-0.15, -0.1) is 0 Å². The summed E-state index contributed by atoms with van der Waals surface area (Å²) in [5.41, 5.74) is 0.299. The third-order valence-corrected chi connectivity index (χ3v) is 2.73. The number of amides is 1. The third-order valence-electron chi connectivity index (χ3n) is 2.73. The number of carbonyl (C=O) groups excluding carboxylic acids is 1. The Morgan fingerprint density at radius 2 is 2.38 bits per heavy atom. The molecule has 4 nitrogen and oxygen atoms in total. The molecule has 1 amide bonds. The minimum absolute atomic E-state index is 0.0947. The standard InChI is InChI=1S/C12H18N2O2/c1-12(2,9-13)11(15)14-6-4-10(5-7-14)8-16-3/h4H,5-8H2,1-3H3. The van der Waals surface area contributed by atoms with Crippen LogP contribution in [0.2, 0.25) is 0 Å². The number of methoxy groups -OCH3 is 1. The molecule has 88 valence electrons. The van der Waals surface area contributed by atoms with Gasteiger partial charge in [0.2, 0.25) is 5.91 Å². The maximum atomic E-state index is 12.0. The molecule has 0 saturated heterocycles. The molecule has 0 spiro atoms. The lowest BCUT2D eigenvalue weighted by atomic mass is 9.93.